The molecule has 0 unspecified atom stereocenters. The molecule has 0 saturated carbocycles. The molecule has 0 saturated heterocycles. The topological polar surface area (TPSA) is 43.1 Å². The molecule has 0 N–H and O–H groups in total. The lowest BCUT2D eigenvalue weighted by molar-refractivity contribution is -0.385. The van der Waals surface area contributed by atoms with Gasteiger partial charge >= 0.3 is 0 Å². The van der Waals surface area contributed by atoms with Gasteiger partial charge in [-0.3, -0.25) is 10.1 Å². The summed E-state index contributed by atoms with van der Waals surface area (Å²) in [6.45, 7) is 0. The van der Waals surface area contributed by atoms with E-state index in [0.29, 0.717) is 4.90 Å². The van der Waals surface area contributed by atoms with Crippen molar-refractivity contribution >= 4 is 53.1 Å². The van der Waals surface area contributed by atoms with E-state index in [2.05, 4.69) is 12.6 Å². The van der Waals surface area contributed by atoms with Crippen LogP contribution in [0.3, 0.4) is 0 Å². The maximum absolute atomic E-state index is 10.4. The molecule has 0 amide bonds. The lowest BCUT2D eigenvalue weighted by atomic mass is 10.2. The number of halogens is 3. The number of non-ortho nitro benzene ring substituents is 1. The van der Waals surface area contributed by atoms with E-state index in [-0.39, 0.29) is 11.3 Å². The van der Waals surface area contributed by atoms with Crippen molar-refractivity contribution in [2.75, 3.05) is 0 Å². The number of hydrogen-bond acceptors (Lipinski definition) is 3. The van der Waals surface area contributed by atoms with Crippen LogP contribution in [0.25, 0.3) is 0 Å². The van der Waals surface area contributed by atoms with E-state index >= 15 is 0 Å². The first-order chi connectivity index (χ1) is 6.32. The van der Waals surface area contributed by atoms with Crippen molar-refractivity contribution < 1.29 is 4.92 Å². The van der Waals surface area contributed by atoms with E-state index in [1.165, 1.54) is 18.2 Å². The summed E-state index contributed by atoms with van der Waals surface area (Å²) in [6, 6.07) is 3.90. The molecular formula is C7H4Cl3NO2S. The van der Waals surface area contributed by atoms with E-state index in [0.717, 1.165) is 0 Å². The summed E-state index contributed by atoms with van der Waals surface area (Å²) in [5.41, 5.74) is 0.0594. The van der Waals surface area contributed by atoms with Crippen molar-refractivity contribution in [1.29, 1.82) is 0 Å². The van der Waals surface area contributed by atoms with Gasteiger partial charge in [0.15, 0.2) is 0 Å². The Kier molecular flexibility index (Phi) is 3.53. The van der Waals surface area contributed by atoms with Crippen LogP contribution in [0.5, 0.6) is 0 Å². The maximum Gasteiger partial charge on any atom is 0.269 e. The zero-order valence-corrected chi connectivity index (χ0v) is 9.74. The smallest absolute Gasteiger partial charge is 0.258 e. The molecule has 0 aliphatic rings. The second kappa shape index (κ2) is 4.14. The lowest BCUT2D eigenvalue weighted by Gasteiger charge is -2.12. The highest BCUT2D eigenvalue weighted by atomic mass is 35.6. The molecule has 0 heterocycles. The molecule has 76 valence electrons. The molecule has 0 spiro atoms. The summed E-state index contributed by atoms with van der Waals surface area (Å²) in [6.07, 6.45) is 0. The number of nitrogens with zero attached hydrogens (tertiary/aromatic N) is 1. The van der Waals surface area contributed by atoms with Crippen molar-refractivity contribution in [2.45, 2.75) is 8.69 Å². The Morgan fingerprint density at radius 1 is 1.36 bits per heavy atom. The number of benzene rings is 1. The van der Waals surface area contributed by atoms with Crippen molar-refractivity contribution in [3.05, 3.63) is 33.9 Å². The average Bonchev–Trinajstić information content (AvgIpc) is 2.02. The van der Waals surface area contributed by atoms with Crippen LogP contribution >= 0.6 is 47.4 Å². The fourth-order valence-electron chi connectivity index (χ4n) is 0.865. The molecule has 3 nitrogen and oxygen atoms in total. The van der Waals surface area contributed by atoms with Gasteiger partial charge in [0.1, 0.15) is 0 Å². The second-order valence-corrected chi connectivity index (χ2v) is 5.22. The van der Waals surface area contributed by atoms with E-state index in [4.69, 9.17) is 34.8 Å². The predicted octanol–water partition coefficient (Wildman–Crippen LogP) is 3.71. The number of nitro groups is 1. The fourth-order valence-corrected chi connectivity index (χ4v) is 1.84. The van der Waals surface area contributed by atoms with Crippen LogP contribution in [-0.2, 0) is 3.79 Å². The third-order valence-electron chi connectivity index (χ3n) is 1.50. The number of thiol groups is 1. The molecule has 1 aromatic rings. The van der Waals surface area contributed by atoms with E-state index in [9.17, 15) is 10.1 Å². The molecule has 0 bridgehead atoms. The standard InChI is InChI=1S/C7H4Cl3NO2S/c8-7(9,10)5-3-4(11(12)13)1-2-6(5)14/h1-3,14H. The van der Waals surface area contributed by atoms with Gasteiger partial charge in [-0.05, 0) is 6.07 Å². The number of nitro benzene ring substituents is 1. The largest absolute Gasteiger partial charge is 0.269 e. The summed E-state index contributed by atoms with van der Waals surface area (Å²) in [5, 5.41) is 10.4. The van der Waals surface area contributed by atoms with Gasteiger partial charge in [0.25, 0.3) is 5.69 Å². The minimum atomic E-state index is -1.71. The average molecular weight is 273 g/mol. The Hall–Kier alpha value is -0.160. The molecule has 0 aliphatic carbocycles. The Labute approximate surface area is 101 Å². The van der Waals surface area contributed by atoms with Gasteiger partial charge in [0.05, 0.1) is 4.92 Å². The highest BCUT2D eigenvalue weighted by Gasteiger charge is 2.27. The molecule has 14 heavy (non-hydrogen) atoms. The van der Waals surface area contributed by atoms with Crippen LogP contribution in [0.1, 0.15) is 5.56 Å². The first-order valence-electron chi connectivity index (χ1n) is 3.37. The van der Waals surface area contributed by atoms with Crippen LogP contribution in [0.2, 0.25) is 0 Å². The molecular weight excluding hydrogens is 269 g/mol. The third kappa shape index (κ3) is 2.67. The van der Waals surface area contributed by atoms with Crippen molar-refractivity contribution in [2.24, 2.45) is 0 Å². The summed E-state index contributed by atoms with van der Waals surface area (Å²) >= 11 is 20.8. The zero-order valence-electron chi connectivity index (χ0n) is 6.58. The lowest BCUT2D eigenvalue weighted by Crippen LogP contribution is -2.02. The minimum absolute atomic E-state index is 0.135. The van der Waals surface area contributed by atoms with Crippen molar-refractivity contribution in [3.63, 3.8) is 0 Å². The normalized spacial score (nSPS) is 11.4. The van der Waals surface area contributed by atoms with Gasteiger partial charge in [-0.2, -0.15) is 0 Å². The molecule has 7 heteroatoms. The van der Waals surface area contributed by atoms with Crippen LogP contribution in [0.4, 0.5) is 5.69 Å². The predicted molar refractivity (Wildman–Crippen MR) is 59.6 cm³/mol. The van der Waals surface area contributed by atoms with Gasteiger partial charge in [0.2, 0.25) is 3.79 Å². The van der Waals surface area contributed by atoms with Crippen molar-refractivity contribution in [3.8, 4) is 0 Å². The van der Waals surface area contributed by atoms with Gasteiger partial charge in [-0.15, -0.1) is 12.6 Å². The number of alkyl halides is 3. The second-order valence-electron chi connectivity index (χ2n) is 2.46. The molecule has 0 radical (unpaired) electrons. The summed E-state index contributed by atoms with van der Waals surface area (Å²) < 4.78 is -1.71. The van der Waals surface area contributed by atoms with Gasteiger partial charge in [0, 0.05) is 22.6 Å². The maximum atomic E-state index is 10.4. The molecule has 0 fully saturated rings. The first-order valence-corrected chi connectivity index (χ1v) is 4.95. The Balaban J connectivity index is 3.29. The SMILES string of the molecule is O=[N+]([O-])c1ccc(S)c(C(Cl)(Cl)Cl)c1. The van der Waals surface area contributed by atoms with Crippen LogP contribution < -0.4 is 0 Å². The first kappa shape index (κ1) is 11.9. The fraction of sp³-hybridized carbons (Fsp3) is 0.143. The summed E-state index contributed by atoms with van der Waals surface area (Å²) in [7, 11) is 0. The molecule has 0 aromatic heterocycles. The molecule has 0 aliphatic heterocycles. The monoisotopic (exact) mass is 271 g/mol. The van der Waals surface area contributed by atoms with Crippen LogP contribution in [0, 0.1) is 10.1 Å². The Morgan fingerprint density at radius 2 is 1.93 bits per heavy atom. The minimum Gasteiger partial charge on any atom is -0.258 e. The Bertz CT molecular complexity index is 378. The number of hydrogen-bond donors (Lipinski definition) is 1. The zero-order chi connectivity index (χ0) is 10.9. The highest BCUT2D eigenvalue weighted by molar-refractivity contribution is 7.80. The van der Waals surface area contributed by atoms with Crippen molar-refractivity contribution in [1.82, 2.24) is 0 Å². The van der Waals surface area contributed by atoms with Gasteiger partial charge in [-0.1, -0.05) is 34.8 Å². The van der Waals surface area contributed by atoms with Gasteiger partial charge < -0.3 is 0 Å². The third-order valence-corrected chi connectivity index (χ3v) is 2.50. The quantitative estimate of drug-likeness (QED) is 0.366. The summed E-state index contributed by atoms with van der Waals surface area (Å²) in [4.78, 5) is 10.3. The molecule has 1 rings (SSSR count). The van der Waals surface area contributed by atoms with E-state index in [1.807, 2.05) is 0 Å². The van der Waals surface area contributed by atoms with E-state index < -0.39 is 8.72 Å². The molecule has 0 atom stereocenters. The van der Waals surface area contributed by atoms with Crippen LogP contribution in [-0.4, -0.2) is 4.92 Å². The molecule has 1 aromatic carbocycles. The van der Waals surface area contributed by atoms with E-state index in [1.54, 1.807) is 0 Å². The number of rotatable bonds is 1. The highest BCUT2D eigenvalue weighted by Crippen LogP contribution is 2.42. The Morgan fingerprint density at radius 3 is 2.36 bits per heavy atom. The van der Waals surface area contributed by atoms with Crippen LogP contribution in [0.15, 0.2) is 23.1 Å². The summed E-state index contributed by atoms with van der Waals surface area (Å²) in [5.74, 6) is 0. The van der Waals surface area contributed by atoms with Gasteiger partial charge in [-0.25, -0.2) is 0 Å².